The van der Waals surface area contributed by atoms with Crippen molar-refractivity contribution >= 4 is 15.0 Å². The molecule has 7 nitrogen and oxygen atoms in total. The minimum Gasteiger partial charge on any atom is -0.455 e. The van der Waals surface area contributed by atoms with Gasteiger partial charge in [0, 0.05) is 55.2 Å². The second-order valence-electron chi connectivity index (χ2n) is 15.1. The smallest absolute Gasteiger partial charge is 0.417 e. The van der Waals surface area contributed by atoms with E-state index < -0.39 is 44.2 Å². The zero-order chi connectivity index (χ0) is 34.1. The standard InChI is InChI=1S/C36H44F3N2O5Si/c1-20(2)29-27-28(35(13-15-43-16-14-35)45-31(27)22-9-10-24(36(37,38)39)23(17-22)19-40)26-25(46-47(7)33(4,5)6)18-34(11-8-12-34)32(30(26)41-29)44-21(3)42/h9-10,17,20,25,31-32H,8,11-16,18H2,1-7H3/t25?,31-,32+/m1/s1. The van der Waals surface area contributed by atoms with Crippen molar-refractivity contribution in [1.29, 1.82) is 5.26 Å². The lowest BCUT2D eigenvalue weighted by atomic mass is 9.57. The summed E-state index contributed by atoms with van der Waals surface area (Å²) in [6, 6.07) is 5.47. The van der Waals surface area contributed by atoms with Gasteiger partial charge < -0.3 is 18.6 Å². The molecule has 4 aliphatic rings. The highest BCUT2D eigenvalue weighted by molar-refractivity contribution is 6.53. The Kier molecular flexibility index (Phi) is 8.68. The summed E-state index contributed by atoms with van der Waals surface area (Å²) in [7, 11) is -1.34. The molecule has 3 atom stereocenters. The first-order valence-corrected chi connectivity index (χ1v) is 18.5. The van der Waals surface area contributed by atoms with Crippen molar-refractivity contribution in [2.24, 2.45) is 5.41 Å². The molecule has 2 aliphatic heterocycles. The van der Waals surface area contributed by atoms with Crippen LogP contribution in [0.4, 0.5) is 13.2 Å². The summed E-state index contributed by atoms with van der Waals surface area (Å²) in [5, 5.41) is 9.72. The lowest BCUT2D eigenvalue weighted by Crippen LogP contribution is -2.46. The van der Waals surface area contributed by atoms with Crippen molar-refractivity contribution in [3.63, 3.8) is 0 Å². The predicted octanol–water partition coefficient (Wildman–Crippen LogP) is 8.88. The summed E-state index contributed by atoms with van der Waals surface area (Å²) in [4.78, 5) is 18.0. The minimum atomic E-state index is -4.66. The fourth-order valence-electron chi connectivity index (χ4n) is 7.89. The first kappa shape index (κ1) is 34.1. The number of nitrogens with zero attached hydrogens (tertiary/aromatic N) is 2. The van der Waals surface area contributed by atoms with Gasteiger partial charge in [-0.25, -0.2) is 0 Å². The van der Waals surface area contributed by atoms with Crippen LogP contribution in [0.15, 0.2) is 18.2 Å². The molecule has 1 saturated carbocycles. The maximum atomic E-state index is 13.8. The number of alkyl halides is 3. The Hall–Kier alpha value is -2.78. The van der Waals surface area contributed by atoms with Gasteiger partial charge in [0.1, 0.15) is 12.2 Å². The zero-order valence-corrected chi connectivity index (χ0v) is 29.3. The molecule has 2 spiro atoms. The van der Waals surface area contributed by atoms with Crippen LogP contribution < -0.4 is 0 Å². The molecule has 2 aromatic rings. The Morgan fingerprint density at radius 1 is 1.13 bits per heavy atom. The van der Waals surface area contributed by atoms with E-state index in [0.717, 1.165) is 53.4 Å². The number of esters is 1. The molecule has 1 aromatic carbocycles. The third-order valence-electron chi connectivity index (χ3n) is 10.7. The van der Waals surface area contributed by atoms with Crippen LogP contribution >= 0.6 is 0 Å². The molecular formula is C36H44F3N2O5Si. The number of ether oxygens (including phenoxy) is 3. The summed E-state index contributed by atoms with van der Waals surface area (Å²) in [5.41, 5.74) is 2.11. The molecule has 0 N–H and O–H groups in total. The number of hydrogen-bond donors (Lipinski definition) is 0. The maximum absolute atomic E-state index is 13.8. The largest absolute Gasteiger partial charge is 0.455 e. The van der Waals surface area contributed by atoms with Gasteiger partial charge in [-0.15, -0.1) is 0 Å². The number of carbonyl (C=O) groups is 1. The van der Waals surface area contributed by atoms with E-state index in [0.29, 0.717) is 38.0 Å². The Bertz CT molecular complexity index is 1600. The van der Waals surface area contributed by atoms with E-state index in [9.17, 15) is 23.2 Å². The number of hydrogen-bond acceptors (Lipinski definition) is 7. The molecule has 1 saturated heterocycles. The normalized spacial score (nSPS) is 24.6. The van der Waals surface area contributed by atoms with Crippen molar-refractivity contribution in [3.8, 4) is 6.07 Å². The van der Waals surface area contributed by atoms with Gasteiger partial charge in [0.05, 0.1) is 34.6 Å². The summed E-state index contributed by atoms with van der Waals surface area (Å²) in [6.07, 6.45) is -1.68. The van der Waals surface area contributed by atoms with Gasteiger partial charge in [-0.05, 0) is 60.0 Å². The zero-order valence-electron chi connectivity index (χ0n) is 28.3. The van der Waals surface area contributed by atoms with Crippen molar-refractivity contribution in [1.82, 2.24) is 4.98 Å². The molecule has 1 radical (unpaired) electrons. The van der Waals surface area contributed by atoms with Crippen LogP contribution in [0, 0.1) is 16.7 Å². The van der Waals surface area contributed by atoms with E-state index in [4.69, 9.17) is 23.6 Å². The molecular weight excluding hydrogens is 625 g/mol. The van der Waals surface area contributed by atoms with E-state index >= 15 is 0 Å². The van der Waals surface area contributed by atoms with Crippen molar-refractivity contribution < 1.29 is 36.6 Å². The van der Waals surface area contributed by atoms with Crippen molar-refractivity contribution in [3.05, 3.63) is 63.0 Å². The van der Waals surface area contributed by atoms with E-state index in [2.05, 4.69) is 27.3 Å². The average molecular weight is 670 g/mol. The minimum absolute atomic E-state index is 0.0534. The topological polar surface area (TPSA) is 90.7 Å². The number of benzene rings is 1. The molecule has 2 aliphatic carbocycles. The van der Waals surface area contributed by atoms with E-state index in [1.165, 1.54) is 19.1 Å². The summed E-state index contributed by atoms with van der Waals surface area (Å²) < 4.78 is 67.7. The molecule has 2 fully saturated rings. The van der Waals surface area contributed by atoms with Crippen LogP contribution in [0.25, 0.3) is 0 Å². The number of rotatable bonds is 5. The van der Waals surface area contributed by atoms with Gasteiger partial charge in [-0.2, -0.15) is 18.4 Å². The van der Waals surface area contributed by atoms with E-state index in [1.807, 2.05) is 13.8 Å². The molecule has 47 heavy (non-hydrogen) atoms. The summed E-state index contributed by atoms with van der Waals surface area (Å²) in [5.74, 6) is -0.448. The number of fused-ring (bicyclic) bond motifs is 4. The highest BCUT2D eigenvalue weighted by atomic mass is 28.3. The van der Waals surface area contributed by atoms with Gasteiger partial charge in [0.25, 0.3) is 0 Å². The number of nitriles is 1. The highest BCUT2D eigenvalue weighted by Crippen LogP contribution is 2.65. The number of carbonyl (C=O) groups excluding carboxylic acids is 1. The fourth-order valence-corrected chi connectivity index (χ4v) is 8.87. The Balaban J connectivity index is 1.65. The van der Waals surface area contributed by atoms with E-state index in [-0.39, 0.29) is 28.4 Å². The Morgan fingerprint density at radius 2 is 1.81 bits per heavy atom. The van der Waals surface area contributed by atoms with Crippen LogP contribution in [0.1, 0.15) is 149 Å². The fraction of sp³-hybridized carbons (Fsp3) is 0.639. The van der Waals surface area contributed by atoms with E-state index in [1.54, 1.807) is 6.07 Å². The van der Waals surface area contributed by atoms with Gasteiger partial charge in [-0.1, -0.05) is 47.1 Å². The molecule has 1 aromatic heterocycles. The third kappa shape index (κ3) is 5.83. The van der Waals surface area contributed by atoms with Crippen molar-refractivity contribution in [2.45, 2.75) is 128 Å². The van der Waals surface area contributed by atoms with Crippen LogP contribution in [0.5, 0.6) is 0 Å². The summed E-state index contributed by atoms with van der Waals surface area (Å²) >= 11 is 0. The average Bonchev–Trinajstić information content (AvgIpc) is 3.29. The Morgan fingerprint density at radius 3 is 2.34 bits per heavy atom. The monoisotopic (exact) mass is 669 g/mol. The Labute approximate surface area is 276 Å². The molecule has 0 amide bonds. The van der Waals surface area contributed by atoms with Crippen LogP contribution in [-0.2, 0) is 35.2 Å². The SMILES string of the molecule is CC(=O)O[C@H]1c2nc(C(C)C)c3c(c2C(O[Si](C)C(C)(C)C)CC12CCC2)C1(CCOCC1)O[C@@H]3c1ccc(C(F)(F)F)c(C#N)c1. The lowest BCUT2D eigenvalue weighted by Gasteiger charge is -2.53. The van der Waals surface area contributed by atoms with Crippen LogP contribution in [-0.4, -0.2) is 33.2 Å². The first-order chi connectivity index (χ1) is 22.0. The molecule has 11 heteroatoms. The molecule has 0 bridgehead atoms. The van der Waals surface area contributed by atoms with Gasteiger partial charge in [0.15, 0.2) is 0 Å². The van der Waals surface area contributed by atoms with Crippen LogP contribution in [0.2, 0.25) is 11.6 Å². The quantitative estimate of drug-likeness (QED) is 0.232. The predicted molar refractivity (Wildman–Crippen MR) is 170 cm³/mol. The number of halogens is 3. The summed E-state index contributed by atoms with van der Waals surface area (Å²) in [6.45, 7) is 15.2. The number of aromatic nitrogens is 1. The van der Waals surface area contributed by atoms with Gasteiger partial charge in [-0.3, -0.25) is 9.78 Å². The molecule has 3 heterocycles. The van der Waals surface area contributed by atoms with Crippen molar-refractivity contribution in [2.75, 3.05) is 13.2 Å². The molecule has 6 rings (SSSR count). The second-order valence-corrected chi connectivity index (χ2v) is 17.9. The molecule has 1 unspecified atom stereocenters. The second kappa shape index (κ2) is 12.0. The first-order valence-electron chi connectivity index (χ1n) is 16.6. The van der Waals surface area contributed by atoms with Gasteiger partial charge in [0.2, 0.25) is 9.04 Å². The van der Waals surface area contributed by atoms with Crippen LogP contribution in [0.3, 0.4) is 0 Å². The number of pyridine rings is 1. The lowest BCUT2D eigenvalue weighted by molar-refractivity contribution is -0.166. The maximum Gasteiger partial charge on any atom is 0.417 e. The third-order valence-corrected chi connectivity index (χ3v) is 13.5. The highest BCUT2D eigenvalue weighted by Gasteiger charge is 2.59. The van der Waals surface area contributed by atoms with Gasteiger partial charge >= 0.3 is 12.1 Å². The molecule has 253 valence electrons.